The number of fused-ring (bicyclic) bond motifs is 7. The van der Waals surface area contributed by atoms with Crippen molar-refractivity contribution in [3.05, 3.63) is 170 Å². The summed E-state index contributed by atoms with van der Waals surface area (Å²) in [5.74, 6) is 0. The van der Waals surface area contributed by atoms with Crippen LogP contribution >= 0.6 is 0 Å². The highest BCUT2D eigenvalue weighted by molar-refractivity contribution is 6.31. The third kappa shape index (κ3) is 3.73. The summed E-state index contributed by atoms with van der Waals surface area (Å²) in [5, 5.41) is 9.60. The lowest BCUT2D eigenvalue weighted by Gasteiger charge is -2.20. The quantitative estimate of drug-likeness (QED) is 0.175. The molecule has 0 saturated heterocycles. The molecule has 2 nitrogen and oxygen atoms in total. The SMILES string of the molecule is [2H]c1c([2H])c([2H])c2c(-c3ccc4ccc5c(-c6cccc7c6oc6ccccc67)cc(-c6cccc7c6oc6ccccc67)c6ccc3c4c56)c([2H])c([2H])c([2H])c2c1[2H]. The van der Waals surface area contributed by atoms with Crippen molar-refractivity contribution in [2.75, 3.05) is 0 Å². The fourth-order valence-electron chi connectivity index (χ4n) is 8.49. The molecule has 2 heteroatoms. The summed E-state index contributed by atoms with van der Waals surface area (Å²) in [4.78, 5) is 0. The van der Waals surface area contributed by atoms with Gasteiger partial charge in [0.1, 0.15) is 22.3 Å². The molecule has 0 aliphatic rings. The van der Waals surface area contributed by atoms with Gasteiger partial charge < -0.3 is 8.83 Å². The van der Waals surface area contributed by atoms with Gasteiger partial charge in [0.25, 0.3) is 0 Å². The normalized spacial score (nSPS) is 14.1. The maximum Gasteiger partial charge on any atom is 0.143 e. The third-order valence-corrected chi connectivity index (χ3v) is 10.8. The minimum atomic E-state index is -0.478. The molecular weight excluding hydrogens is 633 g/mol. The lowest BCUT2D eigenvalue weighted by molar-refractivity contribution is 0.670. The molecule has 0 saturated carbocycles. The summed E-state index contributed by atoms with van der Waals surface area (Å²) < 4.78 is 74.8. The number of hydrogen-bond acceptors (Lipinski definition) is 2. The molecule has 0 N–H and O–H groups in total. The van der Waals surface area contributed by atoms with Crippen molar-refractivity contribution < 1.29 is 18.4 Å². The molecule has 0 fully saturated rings. The van der Waals surface area contributed by atoms with Crippen LogP contribution in [0, 0.1) is 0 Å². The van der Waals surface area contributed by atoms with Crippen LogP contribution in [0.2, 0.25) is 0 Å². The van der Waals surface area contributed by atoms with Crippen LogP contribution < -0.4 is 0 Å². The molecule has 0 bridgehead atoms. The Morgan fingerprint density at radius 1 is 0.327 bits per heavy atom. The number of furan rings is 2. The molecule has 240 valence electrons. The minimum absolute atomic E-state index is 0.0616. The molecule has 12 aromatic rings. The van der Waals surface area contributed by atoms with Gasteiger partial charge in [-0.25, -0.2) is 0 Å². The van der Waals surface area contributed by atoms with Crippen molar-refractivity contribution in [3.8, 4) is 33.4 Å². The molecule has 2 heterocycles. The Kier molecular flexibility index (Phi) is 4.37. The Balaban J connectivity index is 1.26. The van der Waals surface area contributed by atoms with Crippen LogP contribution in [0.4, 0.5) is 0 Å². The Bertz CT molecular complexity index is 3680. The van der Waals surface area contributed by atoms with Gasteiger partial charge >= 0.3 is 0 Å². The summed E-state index contributed by atoms with van der Waals surface area (Å²) >= 11 is 0. The van der Waals surface area contributed by atoms with Crippen LogP contribution in [0.3, 0.4) is 0 Å². The molecule has 0 aliphatic carbocycles. The largest absolute Gasteiger partial charge is 0.455 e. The number of rotatable bonds is 3. The minimum Gasteiger partial charge on any atom is -0.455 e. The maximum atomic E-state index is 9.24. The summed E-state index contributed by atoms with van der Waals surface area (Å²) in [6.07, 6.45) is 0. The van der Waals surface area contributed by atoms with Crippen LogP contribution in [0.15, 0.2) is 179 Å². The van der Waals surface area contributed by atoms with Crippen LogP contribution in [0.25, 0.3) is 120 Å². The Morgan fingerprint density at radius 2 is 0.885 bits per heavy atom. The summed E-state index contributed by atoms with van der Waals surface area (Å²) in [5.41, 5.74) is 7.66. The molecule has 10 aromatic carbocycles. The Labute approximate surface area is 307 Å². The van der Waals surface area contributed by atoms with Crippen molar-refractivity contribution >= 4 is 87.0 Å². The lowest BCUT2D eigenvalue weighted by atomic mass is 9.83. The van der Waals surface area contributed by atoms with Crippen LogP contribution in [0.5, 0.6) is 0 Å². The fraction of sp³-hybridized carbons (Fsp3) is 0. The van der Waals surface area contributed by atoms with Gasteiger partial charge in [-0.1, -0.05) is 151 Å². The molecule has 2 aromatic heterocycles. The van der Waals surface area contributed by atoms with E-state index in [4.69, 9.17) is 17.1 Å². The van der Waals surface area contributed by atoms with E-state index in [9.17, 15) is 1.37 Å². The summed E-state index contributed by atoms with van der Waals surface area (Å²) in [6.45, 7) is 0. The van der Waals surface area contributed by atoms with Gasteiger partial charge in [0.05, 0.1) is 9.60 Å². The van der Waals surface area contributed by atoms with E-state index in [1.165, 1.54) is 0 Å². The average Bonchev–Trinajstić information content (AvgIpc) is 3.85. The van der Waals surface area contributed by atoms with Gasteiger partial charge in [0.15, 0.2) is 0 Å². The highest BCUT2D eigenvalue weighted by Gasteiger charge is 2.23. The van der Waals surface area contributed by atoms with Gasteiger partial charge in [-0.3, -0.25) is 0 Å². The monoisotopic (exact) mass is 667 g/mol. The van der Waals surface area contributed by atoms with Crippen molar-refractivity contribution in [2.24, 2.45) is 0 Å². The molecule has 12 rings (SSSR count). The summed E-state index contributed by atoms with van der Waals surface area (Å²) in [6, 6.07) is 40.2. The molecule has 0 radical (unpaired) electrons. The molecule has 52 heavy (non-hydrogen) atoms. The zero-order valence-corrected chi connectivity index (χ0v) is 27.4. The molecular formula is C50H28O2. The van der Waals surface area contributed by atoms with E-state index in [1.807, 2.05) is 54.6 Å². The number of benzene rings is 10. The van der Waals surface area contributed by atoms with Crippen molar-refractivity contribution in [1.29, 1.82) is 0 Å². The van der Waals surface area contributed by atoms with Crippen LogP contribution in [-0.2, 0) is 0 Å². The zero-order valence-electron chi connectivity index (χ0n) is 34.4. The standard InChI is InChI=1S/C50H28O2/c1-2-12-31-29(10-1)11-7-15-32(31)33-24-22-30-23-25-37-43(41-18-8-16-39-34-13-3-5-20-45(34)51-49(39)41)28-44(38-27-26-36(33)47(30)48(37)38)42-19-9-17-40-35-14-4-6-21-46(35)52-50(40)42/h1-28H/i1D,2D,7D,10D,11D,12D,15D. The van der Waals surface area contributed by atoms with E-state index in [0.29, 0.717) is 5.56 Å². The highest BCUT2D eigenvalue weighted by atomic mass is 16.3. The molecule has 0 atom stereocenters. The first-order valence-electron chi connectivity index (χ1n) is 20.8. The summed E-state index contributed by atoms with van der Waals surface area (Å²) in [7, 11) is 0. The topological polar surface area (TPSA) is 26.3 Å². The van der Waals surface area contributed by atoms with Gasteiger partial charge in [-0.05, 0) is 83.5 Å². The van der Waals surface area contributed by atoms with Gasteiger partial charge in [-0.15, -0.1) is 0 Å². The second kappa shape index (κ2) is 10.3. The Hall–Kier alpha value is -6.90. The fourth-order valence-corrected chi connectivity index (χ4v) is 8.49. The molecule has 0 aliphatic heterocycles. The van der Waals surface area contributed by atoms with E-state index in [1.54, 1.807) is 0 Å². The smallest absolute Gasteiger partial charge is 0.143 e. The molecule has 0 amide bonds. The van der Waals surface area contributed by atoms with Gasteiger partial charge in [0.2, 0.25) is 0 Å². The average molecular weight is 668 g/mol. The highest BCUT2D eigenvalue weighted by Crippen LogP contribution is 2.49. The molecule has 0 unspecified atom stereocenters. The first-order chi connectivity index (χ1) is 28.7. The zero-order chi connectivity index (χ0) is 40.0. The van der Waals surface area contributed by atoms with E-state index >= 15 is 0 Å². The van der Waals surface area contributed by atoms with Crippen molar-refractivity contribution in [1.82, 2.24) is 0 Å². The first-order valence-corrected chi connectivity index (χ1v) is 17.3. The van der Waals surface area contributed by atoms with Crippen molar-refractivity contribution in [3.63, 3.8) is 0 Å². The predicted molar refractivity (Wildman–Crippen MR) is 219 cm³/mol. The number of para-hydroxylation sites is 4. The van der Waals surface area contributed by atoms with E-state index in [0.717, 1.165) is 98.4 Å². The van der Waals surface area contributed by atoms with Crippen molar-refractivity contribution in [2.45, 2.75) is 0 Å². The van der Waals surface area contributed by atoms with Gasteiger partial charge in [0, 0.05) is 32.7 Å². The second-order valence-electron chi connectivity index (χ2n) is 13.4. The lowest BCUT2D eigenvalue weighted by Crippen LogP contribution is -1.93. The first kappa shape index (κ1) is 22.0. The van der Waals surface area contributed by atoms with E-state index < -0.39 is 30.2 Å². The maximum absolute atomic E-state index is 9.24. The van der Waals surface area contributed by atoms with Crippen LogP contribution in [0.1, 0.15) is 9.60 Å². The molecule has 0 spiro atoms. The van der Waals surface area contributed by atoms with Crippen LogP contribution in [-0.4, -0.2) is 0 Å². The predicted octanol–water partition coefficient (Wildman–Crippen LogP) is 14.5. The number of hydrogen-bond donors (Lipinski definition) is 0. The second-order valence-corrected chi connectivity index (χ2v) is 13.4. The third-order valence-electron chi connectivity index (χ3n) is 10.8. The van der Waals surface area contributed by atoms with Gasteiger partial charge in [-0.2, -0.15) is 0 Å². The van der Waals surface area contributed by atoms with E-state index in [2.05, 4.69) is 72.8 Å². The van der Waals surface area contributed by atoms with E-state index in [-0.39, 0.29) is 28.4 Å². The Morgan fingerprint density at radius 3 is 1.58 bits per heavy atom.